The van der Waals surface area contributed by atoms with E-state index in [4.69, 9.17) is 22.4 Å². The molecule has 0 saturated carbocycles. The number of allylic oxidation sites excluding steroid dienone is 2. The monoisotopic (exact) mass is 445 g/mol. The Morgan fingerprint density at radius 3 is 2.45 bits per heavy atom. The molecular weight excluding hydrogens is 421 g/mol. The number of amides is 1. The summed E-state index contributed by atoms with van der Waals surface area (Å²) in [5.74, 6) is -1.70. The van der Waals surface area contributed by atoms with Gasteiger partial charge in [0.15, 0.2) is 0 Å². The lowest BCUT2D eigenvalue weighted by Gasteiger charge is -2.21. The number of aromatic carboxylic acids is 1. The van der Waals surface area contributed by atoms with Gasteiger partial charge in [-0.1, -0.05) is 41.9 Å². The minimum absolute atomic E-state index is 0.164. The molecule has 0 radical (unpaired) electrons. The molecule has 8 heteroatoms. The molecule has 0 aliphatic carbocycles. The molecule has 0 fully saturated rings. The number of hydrogen-bond donors (Lipinski definition) is 3. The molecule has 0 aliphatic heterocycles. The molecule has 1 atom stereocenters. The van der Waals surface area contributed by atoms with Gasteiger partial charge in [0.1, 0.15) is 5.82 Å². The number of carbonyl (C=O) groups excluding carboxylic acids is 1. The highest BCUT2D eigenvalue weighted by Crippen LogP contribution is 2.16. The van der Waals surface area contributed by atoms with Gasteiger partial charge in [0.05, 0.1) is 16.6 Å². The first-order valence-corrected chi connectivity index (χ1v) is 9.93. The van der Waals surface area contributed by atoms with Gasteiger partial charge in [-0.2, -0.15) is 0 Å². The molecule has 1 unspecified atom stereocenters. The summed E-state index contributed by atoms with van der Waals surface area (Å²) in [4.78, 5) is 25.7. The Balaban J connectivity index is 2.13. The van der Waals surface area contributed by atoms with Gasteiger partial charge in [0, 0.05) is 30.4 Å². The van der Waals surface area contributed by atoms with Crippen molar-refractivity contribution in [3.63, 3.8) is 0 Å². The van der Waals surface area contributed by atoms with Crippen LogP contribution >= 0.6 is 11.6 Å². The van der Waals surface area contributed by atoms with Crippen LogP contribution in [0.4, 0.5) is 4.39 Å². The third-order valence-electron chi connectivity index (χ3n) is 4.61. The summed E-state index contributed by atoms with van der Waals surface area (Å²) in [6.07, 6.45) is 2.65. The summed E-state index contributed by atoms with van der Waals surface area (Å²) in [7, 11) is 1.77. The zero-order valence-electron chi connectivity index (χ0n) is 17.3. The van der Waals surface area contributed by atoms with Crippen LogP contribution in [0.1, 0.15) is 34.5 Å². The molecule has 31 heavy (non-hydrogen) atoms. The van der Waals surface area contributed by atoms with Crippen molar-refractivity contribution in [1.82, 2.24) is 10.2 Å². The first kappa shape index (κ1) is 24.1. The number of carbonyl (C=O) groups is 2. The van der Waals surface area contributed by atoms with E-state index in [0.29, 0.717) is 17.7 Å². The smallest absolute Gasteiger partial charge is 0.335 e. The second kappa shape index (κ2) is 11.3. The van der Waals surface area contributed by atoms with Gasteiger partial charge in [-0.3, -0.25) is 9.69 Å². The van der Waals surface area contributed by atoms with Crippen molar-refractivity contribution in [2.75, 3.05) is 13.6 Å². The average Bonchev–Trinajstić information content (AvgIpc) is 2.74. The summed E-state index contributed by atoms with van der Waals surface area (Å²) in [6.45, 7) is 2.29. The molecule has 2 rings (SSSR count). The Bertz CT molecular complexity index is 990. The molecule has 2 aromatic rings. The van der Waals surface area contributed by atoms with Gasteiger partial charge < -0.3 is 16.2 Å². The summed E-state index contributed by atoms with van der Waals surface area (Å²) in [6, 6.07) is 12.3. The third-order valence-corrected chi connectivity index (χ3v) is 4.84. The van der Waals surface area contributed by atoms with Crippen molar-refractivity contribution in [2.45, 2.75) is 19.5 Å². The van der Waals surface area contributed by atoms with E-state index < -0.39 is 5.97 Å². The highest BCUT2D eigenvalue weighted by molar-refractivity contribution is 6.31. The highest BCUT2D eigenvalue weighted by Gasteiger charge is 2.17. The molecule has 0 aliphatic rings. The van der Waals surface area contributed by atoms with Crippen LogP contribution in [0, 0.1) is 5.82 Å². The van der Waals surface area contributed by atoms with E-state index in [0.717, 1.165) is 5.56 Å². The maximum atomic E-state index is 13.9. The summed E-state index contributed by atoms with van der Waals surface area (Å²) in [5, 5.41) is 12.1. The van der Waals surface area contributed by atoms with E-state index in [1.54, 1.807) is 49.2 Å². The molecule has 1 amide bonds. The average molecular weight is 446 g/mol. The quantitative estimate of drug-likeness (QED) is 0.403. The summed E-state index contributed by atoms with van der Waals surface area (Å²) in [5.41, 5.74) is 7.21. The molecule has 4 N–H and O–H groups in total. The van der Waals surface area contributed by atoms with Crippen LogP contribution < -0.4 is 11.1 Å². The van der Waals surface area contributed by atoms with Crippen LogP contribution in [0.3, 0.4) is 0 Å². The predicted molar refractivity (Wildman–Crippen MR) is 119 cm³/mol. The van der Waals surface area contributed by atoms with Crippen molar-refractivity contribution in [2.24, 2.45) is 5.73 Å². The lowest BCUT2D eigenvalue weighted by atomic mass is 10.1. The maximum absolute atomic E-state index is 13.9. The first-order chi connectivity index (χ1) is 14.7. The Labute approximate surface area is 185 Å². The van der Waals surface area contributed by atoms with E-state index in [-0.39, 0.29) is 34.9 Å². The maximum Gasteiger partial charge on any atom is 0.335 e. The third kappa shape index (κ3) is 7.24. The number of rotatable bonds is 9. The molecule has 0 aromatic heterocycles. The number of likely N-dealkylation sites (N-methyl/N-ethyl adjacent to an activating group) is 1. The molecule has 0 heterocycles. The molecule has 0 bridgehead atoms. The fraction of sp³-hybridized carbons (Fsp3) is 0.217. The van der Waals surface area contributed by atoms with E-state index in [9.17, 15) is 14.0 Å². The largest absolute Gasteiger partial charge is 0.478 e. The van der Waals surface area contributed by atoms with E-state index in [1.165, 1.54) is 30.5 Å². The second-order valence-electron chi connectivity index (χ2n) is 7.11. The SMILES string of the molecule is CC(NC(=O)/C(=C/C(Cl)=C\N)CN(C)Cc1ccccc1F)c1ccc(C(=O)O)cc1. The van der Waals surface area contributed by atoms with E-state index in [2.05, 4.69) is 5.32 Å². The Morgan fingerprint density at radius 1 is 1.23 bits per heavy atom. The highest BCUT2D eigenvalue weighted by atomic mass is 35.5. The van der Waals surface area contributed by atoms with Crippen molar-refractivity contribution in [3.05, 3.63) is 93.9 Å². The normalized spacial score (nSPS) is 13.2. The molecule has 164 valence electrons. The van der Waals surface area contributed by atoms with Gasteiger partial charge in [-0.25, -0.2) is 9.18 Å². The topological polar surface area (TPSA) is 95.7 Å². The van der Waals surface area contributed by atoms with E-state index >= 15 is 0 Å². The van der Waals surface area contributed by atoms with Crippen molar-refractivity contribution in [1.29, 1.82) is 0 Å². The minimum Gasteiger partial charge on any atom is -0.478 e. The Kier molecular flexibility index (Phi) is 8.78. The van der Waals surface area contributed by atoms with Crippen molar-refractivity contribution in [3.8, 4) is 0 Å². The number of carboxylic acid groups (broad SMARTS) is 1. The number of benzene rings is 2. The standard InChI is InChI=1S/C23H25ClFN3O3/c1-15(16-7-9-17(10-8-16)23(30)31)27-22(29)19(11-20(24)12-26)14-28(2)13-18-5-3-4-6-21(18)25/h3-12,15H,13-14,26H2,1-2H3,(H,27,29)(H,30,31)/b19-11+,20-12+. The predicted octanol–water partition coefficient (Wildman–Crippen LogP) is 3.80. The second-order valence-corrected chi connectivity index (χ2v) is 7.54. The van der Waals surface area contributed by atoms with Gasteiger partial charge in [-0.15, -0.1) is 0 Å². The van der Waals surface area contributed by atoms with Crippen LogP contribution in [-0.2, 0) is 11.3 Å². The van der Waals surface area contributed by atoms with Gasteiger partial charge in [0.2, 0.25) is 5.91 Å². The first-order valence-electron chi connectivity index (χ1n) is 9.55. The van der Waals surface area contributed by atoms with E-state index in [1.807, 2.05) is 0 Å². The summed E-state index contributed by atoms with van der Waals surface area (Å²) < 4.78 is 13.9. The van der Waals surface area contributed by atoms with Crippen LogP contribution in [0.5, 0.6) is 0 Å². The fourth-order valence-corrected chi connectivity index (χ4v) is 3.08. The molecule has 0 saturated heterocycles. The van der Waals surface area contributed by atoms with Crippen LogP contribution in [0.2, 0.25) is 0 Å². The number of nitrogens with one attached hydrogen (secondary N) is 1. The zero-order valence-corrected chi connectivity index (χ0v) is 18.1. The number of halogens is 2. The Morgan fingerprint density at radius 2 is 1.87 bits per heavy atom. The molecular formula is C23H25ClFN3O3. The van der Waals surface area contributed by atoms with Crippen LogP contribution in [0.15, 0.2) is 71.4 Å². The van der Waals surface area contributed by atoms with Gasteiger partial charge >= 0.3 is 5.97 Å². The summed E-state index contributed by atoms with van der Waals surface area (Å²) >= 11 is 6.02. The van der Waals surface area contributed by atoms with Crippen LogP contribution in [0.25, 0.3) is 0 Å². The minimum atomic E-state index is -1.02. The molecule has 0 spiro atoms. The number of nitrogens with zero attached hydrogens (tertiary/aromatic N) is 1. The van der Waals surface area contributed by atoms with Crippen molar-refractivity contribution >= 4 is 23.5 Å². The number of carboxylic acids is 1. The zero-order chi connectivity index (χ0) is 23.0. The Hall–Kier alpha value is -3.16. The lowest BCUT2D eigenvalue weighted by Crippen LogP contribution is -2.33. The number of hydrogen-bond acceptors (Lipinski definition) is 4. The lowest BCUT2D eigenvalue weighted by molar-refractivity contribution is -0.118. The fourth-order valence-electron chi connectivity index (χ4n) is 2.95. The molecule has 6 nitrogen and oxygen atoms in total. The number of nitrogens with two attached hydrogens (primary N) is 1. The van der Waals surface area contributed by atoms with Gasteiger partial charge in [-0.05, 0) is 43.8 Å². The van der Waals surface area contributed by atoms with Crippen LogP contribution in [-0.4, -0.2) is 35.5 Å². The van der Waals surface area contributed by atoms with Gasteiger partial charge in [0.25, 0.3) is 0 Å². The van der Waals surface area contributed by atoms with Crippen molar-refractivity contribution < 1.29 is 19.1 Å². The molecule has 2 aromatic carbocycles.